The molecule has 2 aromatic heterocycles. The lowest BCUT2D eigenvalue weighted by atomic mass is 10.2. The van der Waals surface area contributed by atoms with Crippen molar-refractivity contribution in [3.05, 3.63) is 27.4 Å². The number of carbonyl (C=O) groups excluding carboxylic acids is 2. The summed E-state index contributed by atoms with van der Waals surface area (Å²) in [7, 11) is 0. The van der Waals surface area contributed by atoms with Gasteiger partial charge >= 0.3 is 6.09 Å². The molecule has 0 aromatic carbocycles. The minimum atomic E-state index is -0.660. The minimum absolute atomic E-state index is 0.0914. The van der Waals surface area contributed by atoms with E-state index >= 15 is 0 Å². The summed E-state index contributed by atoms with van der Waals surface area (Å²) in [6.45, 7) is 5.15. The number of hydrogen-bond acceptors (Lipinski definition) is 5. The third-order valence-corrected chi connectivity index (χ3v) is 3.19. The van der Waals surface area contributed by atoms with Crippen LogP contribution in [-0.2, 0) is 16.1 Å². The first kappa shape index (κ1) is 15.4. The van der Waals surface area contributed by atoms with Crippen molar-refractivity contribution in [1.82, 2.24) is 14.1 Å². The molecule has 0 aliphatic heterocycles. The largest absolute Gasteiger partial charge is 0.443 e. The van der Waals surface area contributed by atoms with E-state index in [1.807, 2.05) is 0 Å². The van der Waals surface area contributed by atoms with Crippen LogP contribution in [0.25, 0.3) is 11.0 Å². The van der Waals surface area contributed by atoms with Crippen LogP contribution in [0.1, 0.15) is 20.8 Å². The number of hydrogen-bond donors (Lipinski definition) is 0. The Hall–Kier alpha value is -1.96. The van der Waals surface area contributed by atoms with Gasteiger partial charge in [0.2, 0.25) is 0 Å². The molecule has 0 fully saturated rings. The predicted molar refractivity (Wildman–Crippen MR) is 79.4 cm³/mol. The van der Waals surface area contributed by atoms with Crippen molar-refractivity contribution in [2.75, 3.05) is 0 Å². The summed E-state index contributed by atoms with van der Waals surface area (Å²) < 4.78 is 8.01. The van der Waals surface area contributed by atoms with Gasteiger partial charge < -0.3 is 9.53 Å². The molecule has 0 bridgehead atoms. The Balaban J connectivity index is 2.59. The van der Waals surface area contributed by atoms with Crippen LogP contribution in [-0.4, -0.2) is 32.1 Å². The first-order valence-electron chi connectivity index (χ1n) is 6.17. The standard InChI is InChI=1S/C13H14BrN3O4/c1-13(2,3)21-12(20)17-6-8(14)9-10(17)15-7-16(4-5-18)11(9)19/h5-7H,4H2,1-3H3. The molecule has 2 heterocycles. The highest BCUT2D eigenvalue weighted by atomic mass is 79.9. The average molecular weight is 356 g/mol. The number of nitrogens with zero attached hydrogens (tertiary/aromatic N) is 3. The van der Waals surface area contributed by atoms with E-state index in [9.17, 15) is 14.4 Å². The maximum absolute atomic E-state index is 12.2. The van der Waals surface area contributed by atoms with Gasteiger partial charge in [0.05, 0.1) is 16.4 Å². The quantitative estimate of drug-likeness (QED) is 0.768. The third-order valence-electron chi connectivity index (χ3n) is 2.59. The molecule has 2 rings (SSSR count). The average Bonchev–Trinajstić information content (AvgIpc) is 2.69. The maximum atomic E-state index is 12.2. The van der Waals surface area contributed by atoms with E-state index in [1.54, 1.807) is 20.8 Å². The molecule has 0 radical (unpaired) electrons. The summed E-state index contributed by atoms with van der Waals surface area (Å²) in [6.07, 6.45) is 2.64. The lowest BCUT2D eigenvalue weighted by Crippen LogP contribution is -2.27. The molecular formula is C13H14BrN3O4. The van der Waals surface area contributed by atoms with Crippen molar-refractivity contribution < 1.29 is 14.3 Å². The van der Waals surface area contributed by atoms with E-state index in [0.29, 0.717) is 10.8 Å². The SMILES string of the molecule is CC(C)(C)OC(=O)n1cc(Br)c2c(=O)n(CC=O)cnc21. The van der Waals surface area contributed by atoms with Gasteiger partial charge in [-0.1, -0.05) is 0 Å². The summed E-state index contributed by atoms with van der Waals surface area (Å²) >= 11 is 3.23. The minimum Gasteiger partial charge on any atom is -0.443 e. The van der Waals surface area contributed by atoms with Gasteiger partial charge in [-0.2, -0.15) is 0 Å². The molecule has 0 aliphatic rings. The molecule has 112 valence electrons. The smallest absolute Gasteiger partial charge is 0.420 e. The fourth-order valence-corrected chi connectivity index (χ4v) is 2.32. The number of fused-ring (bicyclic) bond motifs is 1. The number of ether oxygens (including phenoxy) is 1. The van der Waals surface area contributed by atoms with Gasteiger partial charge in [-0.25, -0.2) is 14.3 Å². The van der Waals surface area contributed by atoms with E-state index in [-0.39, 0.29) is 17.6 Å². The zero-order valence-corrected chi connectivity index (χ0v) is 13.4. The Bertz CT molecular complexity index is 770. The number of aldehydes is 1. The van der Waals surface area contributed by atoms with Gasteiger partial charge in [0.25, 0.3) is 5.56 Å². The van der Waals surface area contributed by atoms with E-state index in [0.717, 1.165) is 4.57 Å². The zero-order valence-electron chi connectivity index (χ0n) is 11.8. The third kappa shape index (κ3) is 3.05. The molecule has 0 saturated heterocycles. The fraction of sp³-hybridized carbons (Fsp3) is 0.385. The van der Waals surface area contributed by atoms with E-state index < -0.39 is 17.3 Å². The van der Waals surface area contributed by atoms with Gasteiger partial charge in [-0.15, -0.1) is 0 Å². The number of rotatable bonds is 2. The molecule has 0 aliphatic carbocycles. The predicted octanol–water partition coefficient (Wildman–Crippen LogP) is 1.94. The normalized spacial score (nSPS) is 11.6. The number of aromatic nitrogens is 3. The molecule has 0 saturated carbocycles. The van der Waals surface area contributed by atoms with Crippen molar-refractivity contribution in [3.8, 4) is 0 Å². The van der Waals surface area contributed by atoms with Gasteiger partial charge in [0, 0.05) is 6.20 Å². The van der Waals surface area contributed by atoms with E-state index in [1.165, 1.54) is 17.1 Å². The molecule has 2 aromatic rings. The molecule has 8 heteroatoms. The van der Waals surface area contributed by atoms with Crippen LogP contribution in [0.3, 0.4) is 0 Å². The maximum Gasteiger partial charge on any atom is 0.420 e. The second-order valence-corrected chi connectivity index (χ2v) is 6.25. The first-order chi connectivity index (χ1) is 9.74. The van der Waals surface area contributed by atoms with Crippen LogP contribution in [0, 0.1) is 0 Å². The van der Waals surface area contributed by atoms with E-state index in [2.05, 4.69) is 20.9 Å². The van der Waals surface area contributed by atoms with Gasteiger partial charge in [0.15, 0.2) is 5.65 Å². The van der Waals surface area contributed by atoms with E-state index in [4.69, 9.17) is 4.74 Å². The molecule has 7 nitrogen and oxygen atoms in total. The number of halogens is 1. The highest BCUT2D eigenvalue weighted by Crippen LogP contribution is 2.22. The summed E-state index contributed by atoms with van der Waals surface area (Å²) in [6, 6.07) is 0. The highest BCUT2D eigenvalue weighted by molar-refractivity contribution is 9.10. The van der Waals surface area contributed by atoms with Crippen molar-refractivity contribution in [3.63, 3.8) is 0 Å². The van der Waals surface area contributed by atoms with Crippen LogP contribution < -0.4 is 5.56 Å². The monoisotopic (exact) mass is 355 g/mol. The second kappa shape index (κ2) is 5.44. The Morgan fingerprint density at radius 1 is 1.48 bits per heavy atom. The zero-order chi connectivity index (χ0) is 15.8. The van der Waals surface area contributed by atoms with Crippen molar-refractivity contribution in [2.24, 2.45) is 0 Å². The molecule has 21 heavy (non-hydrogen) atoms. The van der Waals surface area contributed by atoms with Crippen molar-refractivity contribution >= 4 is 39.3 Å². The van der Waals surface area contributed by atoms with Crippen LogP contribution in [0.2, 0.25) is 0 Å². The van der Waals surface area contributed by atoms with Crippen LogP contribution in [0.15, 0.2) is 21.8 Å². The molecule has 0 N–H and O–H groups in total. The van der Waals surface area contributed by atoms with Crippen LogP contribution in [0.4, 0.5) is 4.79 Å². The Morgan fingerprint density at radius 3 is 2.71 bits per heavy atom. The first-order valence-corrected chi connectivity index (χ1v) is 6.97. The lowest BCUT2D eigenvalue weighted by molar-refractivity contribution is -0.108. The second-order valence-electron chi connectivity index (χ2n) is 5.39. The van der Waals surface area contributed by atoms with Crippen molar-refractivity contribution in [2.45, 2.75) is 32.9 Å². The van der Waals surface area contributed by atoms with Gasteiger partial charge in [-0.3, -0.25) is 9.36 Å². The van der Waals surface area contributed by atoms with Crippen LogP contribution >= 0.6 is 15.9 Å². The summed E-state index contributed by atoms with van der Waals surface area (Å²) in [5.74, 6) is 0. The molecule has 0 spiro atoms. The Labute approximate surface area is 128 Å². The molecule has 0 unspecified atom stereocenters. The van der Waals surface area contributed by atoms with Gasteiger partial charge in [0.1, 0.15) is 18.2 Å². The summed E-state index contributed by atoms with van der Waals surface area (Å²) in [4.78, 5) is 39.0. The number of carbonyl (C=O) groups is 2. The molecular weight excluding hydrogens is 342 g/mol. The molecule has 0 amide bonds. The molecule has 0 atom stereocenters. The Morgan fingerprint density at radius 2 is 2.14 bits per heavy atom. The Kier molecular flexibility index (Phi) is 3.99. The lowest BCUT2D eigenvalue weighted by Gasteiger charge is -2.19. The van der Waals surface area contributed by atoms with Gasteiger partial charge in [-0.05, 0) is 36.7 Å². The summed E-state index contributed by atoms with van der Waals surface area (Å²) in [5.41, 5.74) is -0.878. The van der Waals surface area contributed by atoms with Crippen molar-refractivity contribution in [1.29, 1.82) is 0 Å². The topological polar surface area (TPSA) is 83.2 Å². The summed E-state index contributed by atoms with van der Waals surface area (Å²) in [5, 5.41) is 0.227. The van der Waals surface area contributed by atoms with Crippen LogP contribution in [0.5, 0.6) is 0 Å². The fourth-order valence-electron chi connectivity index (χ4n) is 1.77. The highest BCUT2D eigenvalue weighted by Gasteiger charge is 2.22.